The maximum Gasteiger partial charge on any atom is 0.118 e. The van der Waals surface area contributed by atoms with Gasteiger partial charge in [-0.3, -0.25) is 0 Å². The minimum atomic E-state index is -0.0370. The van der Waals surface area contributed by atoms with Crippen LogP contribution >= 0.6 is 11.6 Å². The molecule has 0 saturated heterocycles. The van der Waals surface area contributed by atoms with Crippen LogP contribution in [0.5, 0.6) is 5.75 Å². The highest BCUT2D eigenvalue weighted by atomic mass is 35.5. The summed E-state index contributed by atoms with van der Waals surface area (Å²) in [6.45, 7) is 6.49. The third-order valence-corrected chi connectivity index (χ3v) is 4.16. The van der Waals surface area contributed by atoms with Crippen molar-refractivity contribution in [1.29, 1.82) is 0 Å². The van der Waals surface area contributed by atoms with Crippen molar-refractivity contribution in [1.82, 2.24) is 0 Å². The lowest BCUT2D eigenvalue weighted by molar-refractivity contribution is 0.281. The van der Waals surface area contributed by atoms with Crippen LogP contribution in [0.3, 0.4) is 0 Å². The van der Waals surface area contributed by atoms with Crippen LogP contribution in [0, 0.1) is 0 Å². The maximum atomic E-state index is 9.45. The summed E-state index contributed by atoms with van der Waals surface area (Å²) >= 11 is 6.29. The van der Waals surface area contributed by atoms with Crippen LogP contribution in [-0.4, -0.2) is 12.2 Å². The fraction of sp³-hybridized carbons (Fsp3) is 0.368. The summed E-state index contributed by atoms with van der Waals surface area (Å²) in [4.78, 5) is 0. The van der Waals surface area contributed by atoms with E-state index in [9.17, 15) is 5.11 Å². The van der Waals surface area contributed by atoms with Crippen molar-refractivity contribution in [3.63, 3.8) is 0 Å². The second kappa shape index (κ2) is 6.72. The highest BCUT2D eigenvalue weighted by Crippen LogP contribution is 2.32. The molecule has 0 bridgehead atoms. The van der Waals surface area contributed by atoms with Crippen LogP contribution < -0.4 is 4.74 Å². The Morgan fingerprint density at radius 3 is 2.18 bits per heavy atom. The third kappa shape index (κ3) is 3.82. The molecule has 3 heteroatoms. The number of hydrogen-bond donors (Lipinski definition) is 1. The van der Waals surface area contributed by atoms with E-state index in [2.05, 4.69) is 32.9 Å². The van der Waals surface area contributed by atoms with E-state index < -0.39 is 0 Å². The molecule has 2 rings (SSSR count). The first-order chi connectivity index (χ1) is 10.3. The average molecular weight is 319 g/mol. The number of methoxy groups -OCH3 is 1. The molecule has 0 amide bonds. The van der Waals surface area contributed by atoms with E-state index in [-0.39, 0.29) is 12.0 Å². The van der Waals surface area contributed by atoms with E-state index in [4.69, 9.17) is 16.3 Å². The van der Waals surface area contributed by atoms with Crippen molar-refractivity contribution in [2.24, 2.45) is 0 Å². The Balaban J connectivity index is 2.42. The Kier molecular flexibility index (Phi) is 5.15. The molecular formula is C19H23ClO2. The zero-order valence-electron chi connectivity index (χ0n) is 13.6. The quantitative estimate of drug-likeness (QED) is 0.883. The van der Waals surface area contributed by atoms with Gasteiger partial charge in [0, 0.05) is 5.02 Å². The number of aliphatic hydroxyl groups excluding tert-OH is 1. The summed E-state index contributed by atoms with van der Waals surface area (Å²) in [5.74, 6) is 0.855. The molecule has 0 heterocycles. The number of aliphatic hydroxyl groups is 1. The van der Waals surface area contributed by atoms with Crippen LogP contribution in [0.1, 0.15) is 43.0 Å². The molecule has 0 aliphatic carbocycles. The summed E-state index contributed by atoms with van der Waals surface area (Å²) in [6, 6.07) is 12.1. The third-order valence-electron chi connectivity index (χ3n) is 3.80. The number of rotatable bonds is 4. The van der Waals surface area contributed by atoms with Gasteiger partial charge in [0.15, 0.2) is 0 Å². The van der Waals surface area contributed by atoms with Crippen molar-refractivity contribution in [2.45, 2.75) is 39.2 Å². The summed E-state index contributed by atoms with van der Waals surface area (Å²) in [7, 11) is 1.67. The molecule has 0 saturated carbocycles. The number of benzene rings is 2. The lowest BCUT2D eigenvalue weighted by Crippen LogP contribution is -2.15. The van der Waals surface area contributed by atoms with Gasteiger partial charge < -0.3 is 9.84 Å². The molecule has 0 radical (unpaired) electrons. The number of ether oxygens (including phenoxy) is 1. The van der Waals surface area contributed by atoms with Gasteiger partial charge in [-0.1, -0.05) is 50.6 Å². The Hall–Kier alpha value is -1.51. The van der Waals surface area contributed by atoms with Gasteiger partial charge in [0.1, 0.15) is 5.75 Å². The van der Waals surface area contributed by atoms with E-state index >= 15 is 0 Å². The molecule has 22 heavy (non-hydrogen) atoms. The zero-order valence-corrected chi connectivity index (χ0v) is 14.4. The fourth-order valence-electron chi connectivity index (χ4n) is 2.59. The SMILES string of the molecule is COc1ccc(Cc2cc(Cl)c(CO)cc2C(C)(C)C)cc1. The first-order valence-corrected chi connectivity index (χ1v) is 7.78. The average Bonchev–Trinajstić information content (AvgIpc) is 2.47. The van der Waals surface area contributed by atoms with Crippen LogP contribution in [0.15, 0.2) is 36.4 Å². The van der Waals surface area contributed by atoms with Gasteiger partial charge >= 0.3 is 0 Å². The molecule has 0 aliphatic heterocycles. The molecule has 0 fully saturated rings. The molecule has 0 unspecified atom stereocenters. The standard InChI is InChI=1S/C19H23ClO2/c1-19(2,3)17-10-15(12-21)18(20)11-14(17)9-13-5-7-16(22-4)8-6-13/h5-8,10-11,21H,9,12H2,1-4H3. The molecule has 2 nitrogen and oxygen atoms in total. The van der Waals surface area contributed by atoms with E-state index in [1.54, 1.807) is 7.11 Å². The van der Waals surface area contributed by atoms with E-state index in [0.717, 1.165) is 17.7 Å². The van der Waals surface area contributed by atoms with Gasteiger partial charge in [0.2, 0.25) is 0 Å². The first-order valence-electron chi connectivity index (χ1n) is 7.40. The molecule has 0 atom stereocenters. The van der Waals surface area contributed by atoms with Crippen LogP contribution in [0.4, 0.5) is 0 Å². The van der Waals surface area contributed by atoms with Crippen molar-refractivity contribution in [2.75, 3.05) is 7.11 Å². The highest BCUT2D eigenvalue weighted by molar-refractivity contribution is 6.31. The number of halogens is 1. The summed E-state index contributed by atoms with van der Waals surface area (Å²) in [5.41, 5.74) is 4.40. The summed E-state index contributed by atoms with van der Waals surface area (Å²) in [5, 5.41) is 10.1. The van der Waals surface area contributed by atoms with Crippen molar-refractivity contribution in [3.8, 4) is 5.75 Å². The zero-order chi connectivity index (χ0) is 16.3. The fourth-order valence-corrected chi connectivity index (χ4v) is 2.83. The largest absolute Gasteiger partial charge is 0.497 e. The van der Waals surface area contributed by atoms with Crippen LogP contribution in [-0.2, 0) is 18.4 Å². The van der Waals surface area contributed by atoms with Crippen molar-refractivity contribution in [3.05, 3.63) is 63.7 Å². The van der Waals surface area contributed by atoms with Gasteiger partial charge in [-0.2, -0.15) is 0 Å². The molecular weight excluding hydrogens is 296 g/mol. The van der Waals surface area contributed by atoms with Crippen LogP contribution in [0.2, 0.25) is 5.02 Å². The maximum absolute atomic E-state index is 9.45. The molecule has 0 aromatic heterocycles. The van der Waals surface area contributed by atoms with Gasteiger partial charge in [-0.15, -0.1) is 0 Å². The molecule has 2 aromatic carbocycles. The van der Waals surface area contributed by atoms with E-state index in [1.807, 2.05) is 24.3 Å². The smallest absolute Gasteiger partial charge is 0.118 e. The van der Waals surface area contributed by atoms with Crippen molar-refractivity contribution < 1.29 is 9.84 Å². The summed E-state index contributed by atoms with van der Waals surface area (Å²) < 4.78 is 5.20. The van der Waals surface area contributed by atoms with Gasteiger partial charge in [-0.25, -0.2) is 0 Å². The predicted molar refractivity (Wildman–Crippen MR) is 91.9 cm³/mol. The predicted octanol–water partition coefficient (Wildman–Crippen LogP) is 4.73. The molecule has 2 aromatic rings. The second-order valence-corrected chi connectivity index (χ2v) is 6.94. The topological polar surface area (TPSA) is 29.5 Å². The molecule has 0 aliphatic rings. The van der Waals surface area contributed by atoms with Gasteiger partial charge in [0.05, 0.1) is 13.7 Å². The lowest BCUT2D eigenvalue weighted by Gasteiger charge is -2.24. The summed E-state index contributed by atoms with van der Waals surface area (Å²) in [6.07, 6.45) is 0.808. The highest BCUT2D eigenvalue weighted by Gasteiger charge is 2.20. The van der Waals surface area contributed by atoms with E-state index in [0.29, 0.717) is 5.02 Å². The molecule has 0 spiro atoms. The first kappa shape index (κ1) is 16.9. The number of hydrogen-bond acceptors (Lipinski definition) is 2. The Morgan fingerprint density at radius 2 is 1.68 bits per heavy atom. The van der Waals surface area contributed by atoms with Crippen molar-refractivity contribution >= 4 is 11.6 Å². The molecule has 1 N–H and O–H groups in total. The Morgan fingerprint density at radius 1 is 1.05 bits per heavy atom. The van der Waals surface area contributed by atoms with Crippen LogP contribution in [0.25, 0.3) is 0 Å². The minimum absolute atomic E-state index is 0.00366. The normalized spacial score (nSPS) is 11.5. The Labute approximate surface area is 137 Å². The molecule has 118 valence electrons. The van der Waals surface area contributed by atoms with E-state index in [1.165, 1.54) is 16.7 Å². The minimum Gasteiger partial charge on any atom is -0.497 e. The van der Waals surface area contributed by atoms with Gasteiger partial charge in [-0.05, 0) is 52.3 Å². The van der Waals surface area contributed by atoms with Gasteiger partial charge in [0.25, 0.3) is 0 Å². The monoisotopic (exact) mass is 318 g/mol. The lowest BCUT2D eigenvalue weighted by atomic mass is 9.81. The second-order valence-electron chi connectivity index (χ2n) is 6.53. The Bertz CT molecular complexity index is 640.